The van der Waals surface area contributed by atoms with Gasteiger partial charge >= 0.3 is 5.97 Å². The zero-order valence-corrected chi connectivity index (χ0v) is 7.19. The fraction of sp³-hybridized carbons (Fsp3) is 0.714. The minimum absolute atomic E-state index is 0.00867. The number of aliphatic carboxylic acids is 1. The van der Waals surface area contributed by atoms with Gasteiger partial charge in [-0.25, -0.2) is 0 Å². The van der Waals surface area contributed by atoms with Crippen LogP contribution >= 0.6 is 0 Å². The SMILES string of the molecule is NC(CC(=O)NCCCO)C(=O)O. The fourth-order valence-electron chi connectivity index (χ4n) is 0.666. The van der Waals surface area contributed by atoms with Crippen molar-refractivity contribution < 1.29 is 19.8 Å². The Morgan fingerprint density at radius 3 is 2.54 bits per heavy atom. The van der Waals surface area contributed by atoms with E-state index in [0.717, 1.165) is 0 Å². The Kier molecular flexibility index (Phi) is 5.82. The zero-order chi connectivity index (χ0) is 10.3. The molecule has 0 saturated carbocycles. The number of nitrogens with one attached hydrogen (secondary N) is 1. The van der Waals surface area contributed by atoms with Crippen molar-refractivity contribution in [3.8, 4) is 0 Å². The van der Waals surface area contributed by atoms with Crippen LogP contribution in [0.25, 0.3) is 0 Å². The first kappa shape index (κ1) is 11.9. The van der Waals surface area contributed by atoms with Crippen molar-refractivity contribution in [1.82, 2.24) is 5.32 Å². The summed E-state index contributed by atoms with van der Waals surface area (Å²) in [5.74, 6) is -1.61. The highest BCUT2D eigenvalue weighted by molar-refractivity contribution is 5.84. The molecule has 6 heteroatoms. The first-order valence-corrected chi connectivity index (χ1v) is 3.94. The number of hydrogen-bond donors (Lipinski definition) is 4. The molecule has 5 N–H and O–H groups in total. The molecule has 0 aliphatic carbocycles. The van der Waals surface area contributed by atoms with Gasteiger partial charge in [-0.3, -0.25) is 9.59 Å². The fourth-order valence-corrected chi connectivity index (χ4v) is 0.666. The molecule has 76 valence electrons. The molecule has 0 aliphatic heterocycles. The molecule has 0 rings (SSSR count). The normalized spacial score (nSPS) is 12.2. The zero-order valence-electron chi connectivity index (χ0n) is 7.19. The van der Waals surface area contributed by atoms with Gasteiger partial charge < -0.3 is 21.3 Å². The second kappa shape index (κ2) is 6.38. The number of amides is 1. The lowest BCUT2D eigenvalue weighted by Crippen LogP contribution is -2.37. The molecule has 1 unspecified atom stereocenters. The third-order valence-corrected chi connectivity index (χ3v) is 1.38. The highest BCUT2D eigenvalue weighted by atomic mass is 16.4. The highest BCUT2D eigenvalue weighted by Gasteiger charge is 2.15. The maximum absolute atomic E-state index is 10.9. The van der Waals surface area contributed by atoms with Gasteiger partial charge in [0, 0.05) is 13.2 Å². The first-order chi connectivity index (χ1) is 6.07. The number of rotatable bonds is 6. The summed E-state index contributed by atoms with van der Waals surface area (Å²) in [7, 11) is 0. The molecular weight excluding hydrogens is 176 g/mol. The molecule has 0 bridgehead atoms. The van der Waals surface area contributed by atoms with Crippen molar-refractivity contribution in [3.05, 3.63) is 0 Å². The number of aliphatic hydroxyl groups excluding tert-OH is 1. The number of carbonyl (C=O) groups excluding carboxylic acids is 1. The number of carboxylic acid groups (broad SMARTS) is 1. The Hall–Kier alpha value is -1.14. The van der Waals surface area contributed by atoms with Crippen molar-refractivity contribution in [2.75, 3.05) is 13.2 Å². The van der Waals surface area contributed by atoms with Gasteiger partial charge in [0.05, 0.1) is 6.42 Å². The summed E-state index contributed by atoms with van der Waals surface area (Å²) in [6, 6.07) is -1.16. The van der Waals surface area contributed by atoms with E-state index in [-0.39, 0.29) is 13.0 Å². The average molecular weight is 190 g/mol. The van der Waals surface area contributed by atoms with Crippen molar-refractivity contribution in [2.45, 2.75) is 18.9 Å². The Morgan fingerprint density at radius 1 is 1.46 bits per heavy atom. The molecule has 13 heavy (non-hydrogen) atoms. The van der Waals surface area contributed by atoms with Gasteiger partial charge in [-0.05, 0) is 6.42 Å². The van der Waals surface area contributed by atoms with Crippen LogP contribution in [0.3, 0.4) is 0 Å². The van der Waals surface area contributed by atoms with Crippen LogP contribution in [0.1, 0.15) is 12.8 Å². The van der Waals surface area contributed by atoms with Crippen LogP contribution < -0.4 is 11.1 Å². The summed E-state index contributed by atoms with van der Waals surface area (Å²) in [5.41, 5.74) is 5.11. The minimum atomic E-state index is -1.20. The second-order valence-electron chi connectivity index (χ2n) is 2.58. The van der Waals surface area contributed by atoms with E-state index in [0.29, 0.717) is 13.0 Å². The number of nitrogens with two attached hydrogens (primary N) is 1. The molecule has 0 heterocycles. The second-order valence-corrected chi connectivity index (χ2v) is 2.58. The van der Waals surface area contributed by atoms with Crippen LogP contribution in [0.15, 0.2) is 0 Å². The van der Waals surface area contributed by atoms with Crippen LogP contribution in [0.5, 0.6) is 0 Å². The molecule has 0 saturated heterocycles. The summed E-state index contributed by atoms with van der Waals surface area (Å²) in [5, 5.41) is 19.2. The molecule has 0 spiro atoms. The monoisotopic (exact) mass is 190 g/mol. The molecule has 0 aromatic heterocycles. The van der Waals surface area contributed by atoms with Gasteiger partial charge in [0.15, 0.2) is 0 Å². The predicted octanol–water partition coefficient (Wildman–Crippen LogP) is -1.71. The Morgan fingerprint density at radius 2 is 2.08 bits per heavy atom. The van der Waals surface area contributed by atoms with Crippen molar-refractivity contribution in [2.24, 2.45) is 5.73 Å². The lowest BCUT2D eigenvalue weighted by Gasteiger charge is -2.06. The molecule has 0 aliphatic rings. The van der Waals surface area contributed by atoms with Gasteiger partial charge in [-0.2, -0.15) is 0 Å². The number of carboxylic acids is 1. The van der Waals surface area contributed by atoms with Crippen molar-refractivity contribution in [1.29, 1.82) is 0 Å². The average Bonchev–Trinajstić information content (AvgIpc) is 2.04. The Balaban J connectivity index is 3.56. The molecule has 0 aromatic carbocycles. The van der Waals surface area contributed by atoms with Crippen LogP contribution in [0, 0.1) is 0 Å². The minimum Gasteiger partial charge on any atom is -0.480 e. The van der Waals surface area contributed by atoms with E-state index in [1.807, 2.05) is 0 Å². The van der Waals surface area contributed by atoms with Crippen LogP contribution in [-0.2, 0) is 9.59 Å². The van der Waals surface area contributed by atoms with Crippen LogP contribution in [0.4, 0.5) is 0 Å². The lowest BCUT2D eigenvalue weighted by atomic mass is 10.2. The van der Waals surface area contributed by atoms with Gasteiger partial charge in [-0.1, -0.05) is 0 Å². The summed E-state index contributed by atoms with van der Waals surface area (Å²) < 4.78 is 0. The van der Waals surface area contributed by atoms with Crippen molar-refractivity contribution in [3.63, 3.8) is 0 Å². The summed E-state index contributed by atoms with van der Waals surface area (Å²) in [4.78, 5) is 21.1. The van der Waals surface area contributed by atoms with E-state index >= 15 is 0 Å². The molecule has 0 fully saturated rings. The molecule has 0 radical (unpaired) electrons. The third kappa shape index (κ3) is 6.06. The molecule has 0 aromatic rings. The summed E-state index contributed by atoms with van der Waals surface area (Å²) in [6.45, 7) is 0.326. The van der Waals surface area contributed by atoms with E-state index in [1.165, 1.54) is 0 Å². The van der Waals surface area contributed by atoms with E-state index in [9.17, 15) is 9.59 Å². The third-order valence-electron chi connectivity index (χ3n) is 1.38. The molecular formula is C7H14N2O4. The smallest absolute Gasteiger partial charge is 0.321 e. The number of aliphatic hydroxyl groups is 1. The van der Waals surface area contributed by atoms with Gasteiger partial charge in [0.25, 0.3) is 0 Å². The van der Waals surface area contributed by atoms with Gasteiger partial charge in [-0.15, -0.1) is 0 Å². The summed E-state index contributed by atoms with van der Waals surface area (Å²) in [6.07, 6.45) is 0.217. The Bertz CT molecular complexity index is 183. The quantitative estimate of drug-likeness (QED) is 0.372. The standard InChI is InChI=1S/C7H14N2O4/c8-5(7(12)13)4-6(11)9-2-1-3-10/h5,10H,1-4,8H2,(H,9,11)(H,12,13). The lowest BCUT2D eigenvalue weighted by molar-refractivity contribution is -0.140. The van der Waals surface area contributed by atoms with Crippen LogP contribution in [-0.4, -0.2) is 41.3 Å². The molecule has 1 atom stereocenters. The summed E-state index contributed by atoms with van der Waals surface area (Å²) >= 11 is 0. The number of hydrogen-bond acceptors (Lipinski definition) is 4. The topological polar surface area (TPSA) is 113 Å². The van der Waals surface area contributed by atoms with Gasteiger partial charge in [0.2, 0.25) is 5.91 Å². The number of carbonyl (C=O) groups is 2. The van der Waals surface area contributed by atoms with E-state index in [1.54, 1.807) is 0 Å². The molecule has 1 amide bonds. The maximum Gasteiger partial charge on any atom is 0.321 e. The first-order valence-electron chi connectivity index (χ1n) is 3.94. The molecule has 6 nitrogen and oxygen atoms in total. The predicted molar refractivity (Wildman–Crippen MR) is 44.9 cm³/mol. The van der Waals surface area contributed by atoms with Gasteiger partial charge in [0.1, 0.15) is 6.04 Å². The van der Waals surface area contributed by atoms with E-state index in [4.69, 9.17) is 15.9 Å². The Labute approximate surface area is 75.7 Å². The van der Waals surface area contributed by atoms with Crippen molar-refractivity contribution >= 4 is 11.9 Å². The maximum atomic E-state index is 10.9. The van der Waals surface area contributed by atoms with E-state index in [2.05, 4.69) is 5.32 Å². The largest absolute Gasteiger partial charge is 0.480 e. The van der Waals surface area contributed by atoms with E-state index < -0.39 is 17.9 Å². The highest BCUT2D eigenvalue weighted by Crippen LogP contribution is 1.88. The van der Waals surface area contributed by atoms with Crippen LogP contribution in [0.2, 0.25) is 0 Å².